The van der Waals surface area contributed by atoms with Crippen LogP contribution in [0.15, 0.2) is 66.7 Å². The van der Waals surface area contributed by atoms with Gasteiger partial charge in [0.1, 0.15) is 30.5 Å². The molecule has 1 aromatic heterocycles. The maximum atomic E-state index is 12.8. The van der Waals surface area contributed by atoms with Gasteiger partial charge in [0, 0.05) is 32.8 Å². The van der Waals surface area contributed by atoms with Crippen LogP contribution in [-0.4, -0.2) is 55.9 Å². The molecule has 224 valence electrons. The third-order valence-corrected chi connectivity index (χ3v) is 5.06. The largest absolute Gasteiger partial charge is 0.493 e. The topological polar surface area (TPSA) is 84.7 Å². The molecule has 0 N–H and O–H groups in total. The van der Waals surface area contributed by atoms with Crippen molar-refractivity contribution in [1.29, 1.82) is 5.26 Å². The van der Waals surface area contributed by atoms with E-state index in [0.717, 1.165) is 31.2 Å². The molecule has 0 atom stereocenters. The molecule has 0 radical (unpaired) electrons. The molecule has 2 aromatic rings. The van der Waals surface area contributed by atoms with Gasteiger partial charge < -0.3 is 19.1 Å². The van der Waals surface area contributed by atoms with Crippen molar-refractivity contribution in [3.05, 3.63) is 94.8 Å². The van der Waals surface area contributed by atoms with E-state index < -0.39 is 17.8 Å². The number of halogens is 4. The van der Waals surface area contributed by atoms with Gasteiger partial charge >= 0.3 is 6.18 Å². The van der Waals surface area contributed by atoms with Crippen molar-refractivity contribution in [3.8, 4) is 11.9 Å². The number of rotatable bonds is 9. The zero-order chi connectivity index (χ0) is 31.8. The van der Waals surface area contributed by atoms with E-state index in [0.29, 0.717) is 47.5 Å². The first-order valence-corrected chi connectivity index (χ1v) is 12.2. The number of carbonyl (C=O) groups is 1. The predicted octanol–water partition coefficient (Wildman–Crippen LogP) is 6.75. The number of aromatic nitrogens is 1. The monoisotopic (exact) mass is 579 g/mol. The van der Waals surface area contributed by atoms with Crippen LogP contribution >= 0.6 is 0 Å². The van der Waals surface area contributed by atoms with Crippen molar-refractivity contribution in [3.63, 3.8) is 0 Å². The number of hydrogen-bond donors (Lipinski definition) is 0. The van der Waals surface area contributed by atoms with Gasteiger partial charge in [0.15, 0.2) is 0 Å². The Bertz CT molecular complexity index is 1250. The predicted molar refractivity (Wildman–Crippen MR) is 149 cm³/mol. The molecule has 1 aromatic carbocycles. The van der Waals surface area contributed by atoms with Crippen molar-refractivity contribution in [1.82, 2.24) is 9.88 Å². The summed E-state index contributed by atoms with van der Waals surface area (Å²) in [7, 11) is 2.70. The fourth-order valence-electron chi connectivity index (χ4n) is 2.80. The van der Waals surface area contributed by atoms with Gasteiger partial charge in [-0.25, -0.2) is 9.37 Å². The first-order chi connectivity index (χ1) is 19.0. The van der Waals surface area contributed by atoms with Gasteiger partial charge in [-0.2, -0.15) is 18.4 Å². The van der Waals surface area contributed by atoms with Crippen molar-refractivity contribution in [2.24, 2.45) is 0 Å². The van der Waals surface area contributed by atoms with Crippen molar-refractivity contribution < 1.29 is 36.6 Å². The molecule has 41 heavy (non-hydrogen) atoms. The third-order valence-electron chi connectivity index (χ3n) is 5.06. The fraction of sp³-hybridized carbons (Fsp3) is 0.367. The molecule has 0 unspecified atom stereocenters. The summed E-state index contributed by atoms with van der Waals surface area (Å²) < 4.78 is 65.5. The van der Waals surface area contributed by atoms with E-state index in [-0.39, 0.29) is 11.4 Å². The van der Waals surface area contributed by atoms with Gasteiger partial charge in [-0.3, -0.25) is 4.79 Å². The molecule has 7 nitrogen and oxygen atoms in total. The van der Waals surface area contributed by atoms with Crippen LogP contribution in [0, 0.1) is 37.9 Å². The number of nitriles is 1. The van der Waals surface area contributed by atoms with Crippen LogP contribution in [0.3, 0.4) is 0 Å². The zero-order valence-electron chi connectivity index (χ0n) is 24.5. The molecule has 1 heterocycles. The first-order valence-electron chi connectivity index (χ1n) is 12.2. The molecule has 0 aliphatic rings. The Morgan fingerprint density at radius 1 is 1.12 bits per heavy atom. The van der Waals surface area contributed by atoms with Gasteiger partial charge in [0.25, 0.3) is 0 Å². The summed E-state index contributed by atoms with van der Waals surface area (Å²) in [5.74, 6) is 0.197. The minimum Gasteiger partial charge on any atom is -0.493 e. The summed E-state index contributed by atoms with van der Waals surface area (Å²) in [6.07, 6.45) is -2.02. The third kappa shape index (κ3) is 14.7. The highest BCUT2D eigenvalue weighted by Gasteiger charge is 2.37. The molecule has 0 spiro atoms. The average molecular weight is 580 g/mol. The molecule has 0 aliphatic carbocycles. The Kier molecular flexibility index (Phi) is 16.4. The molecule has 11 heteroatoms. The number of carbonyl (C=O) groups excluding carboxylic acids is 1. The number of nitrogens with zero attached hydrogens (tertiary/aromatic N) is 3. The Morgan fingerprint density at radius 3 is 2.24 bits per heavy atom. The number of allylic oxidation sites excluding steroid dienone is 3. The van der Waals surface area contributed by atoms with Crippen molar-refractivity contribution in [2.45, 2.75) is 40.8 Å². The number of aryl methyl sites for hydroxylation is 3. The normalized spacial score (nSPS) is 10.6. The average Bonchev–Trinajstić information content (AvgIpc) is 2.88. The molecular weight excluding hydrogens is 542 g/mol. The van der Waals surface area contributed by atoms with Gasteiger partial charge in [-0.1, -0.05) is 30.9 Å². The number of methoxy groups -OCH3 is 1. The number of amides is 1. The van der Waals surface area contributed by atoms with Crippen molar-refractivity contribution >= 4 is 5.91 Å². The Labute approximate surface area is 239 Å². The molecular formula is C30H37F4N3O4. The van der Waals surface area contributed by atoms with Gasteiger partial charge in [0.05, 0.1) is 18.2 Å². The van der Waals surface area contributed by atoms with Gasteiger partial charge in [0.2, 0.25) is 11.8 Å². The van der Waals surface area contributed by atoms with E-state index in [1.165, 1.54) is 13.0 Å². The van der Waals surface area contributed by atoms with Crippen LogP contribution in [0.5, 0.6) is 5.88 Å². The van der Waals surface area contributed by atoms with Crippen LogP contribution in [0.4, 0.5) is 17.6 Å². The highest BCUT2D eigenvalue weighted by Crippen LogP contribution is 2.28. The van der Waals surface area contributed by atoms with Crippen LogP contribution in [0.2, 0.25) is 0 Å². The number of pyridine rings is 1. The van der Waals surface area contributed by atoms with E-state index in [9.17, 15) is 22.4 Å². The van der Waals surface area contributed by atoms with E-state index in [4.69, 9.17) is 19.5 Å². The van der Waals surface area contributed by atoms with Crippen molar-refractivity contribution in [2.75, 3.05) is 34.0 Å². The van der Waals surface area contributed by atoms with E-state index in [2.05, 4.69) is 18.1 Å². The summed E-state index contributed by atoms with van der Waals surface area (Å²) >= 11 is 0. The van der Waals surface area contributed by atoms with Crippen LogP contribution in [-0.2, 0) is 14.3 Å². The van der Waals surface area contributed by atoms with E-state index in [1.54, 1.807) is 33.2 Å². The number of hydrogen-bond acceptors (Lipinski definition) is 6. The number of ether oxygens (including phenoxy) is 3. The second-order valence-electron chi connectivity index (χ2n) is 8.77. The quantitative estimate of drug-likeness (QED) is 0.142. The molecule has 0 saturated heterocycles. The lowest BCUT2D eigenvalue weighted by Crippen LogP contribution is -2.32. The lowest BCUT2D eigenvalue weighted by atomic mass is 10.1. The highest BCUT2D eigenvalue weighted by molar-refractivity contribution is 5.75. The van der Waals surface area contributed by atoms with E-state index >= 15 is 0 Å². The minimum atomic E-state index is -4.54. The zero-order valence-corrected chi connectivity index (χ0v) is 24.5. The molecule has 0 aliphatic heterocycles. The molecule has 1 amide bonds. The summed E-state index contributed by atoms with van der Waals surface area (Å²) in [5.41, 5.74) is 2.05. The Balaban J connectivity index is 0.000000595. The number of benzene rings is 1. The second kappa shape index (κ2) is 18.2. The first kappa shape index (κ1) is 36.8. The van der Waals surface area contributed by atoms with Gasteiger partial charge in [-0.15, -0.1) is 0 Å². The lowest BCUT2D eigenvalue weighted by molar-refractivity contribution is -0.138. The fourth-order valence-corrected chi connectivity index (χ4v) is 2.80. The SMILES string of the molecule is C=C(C)/C=C(\N(C)C(C)=O)C(F)(F)F.C=C(COc1ncccc1C)OCCOC.Cc1cc(C)c(C#N)cc1F. The van der Waals surface area contributed by atoms with E-state index in [1.807, 2.05) is 25.1 Å². The summed E-state index contributed by atoms with van der Waals surface area (Å²) in [5, 5.41) is 8.52. The van der Waals surface area contributed by atoms with Crippen LogP contribution < -0.4 is 4.74 Å². The van der Waals surface area contributed by atoms with Gasteiger partial charge in [-0.05, 0) is 57.0 Å². The maximum Gasteiger partial charge on any atom is 0.431 e. The minimum absolute atomic E-state index is 0.241. The summed E-state index contributed by atoms with van der Waals surface area (Å²) in [6, 6.07) is 8.67. The molecule has 2 rings (SSSR count). The van der Waals surface area contributed by atoms with Crippen LogP contribution in [0.1, 0.15) is 36.1 Å². The van der Waals surface area contributed by atoms with Crippen LogP contribution in [0.25, 0.3) is 0 Å². The smallest absolute Gasteiger partial charge is 0.431 e. The summed E-state index contributed by atoms with van der Waals surface area (Å²) in [6.45, 7) is 16.3. The Hall–Kier alpha value is -4.17. The molecule has 0 bridgehead atoms. The lowest BCUT2D eigenvalue weighted by Gasteiger charge is -2.21. The highest BCUT2D eigenvalue weighted by atomic mass is 19.4. The standard InChI is InChI=1S/C12H17NO3.C9H12F3NO.C9H8FN/c1-10-5-4-6-13-12(10)16-9-11(2)15-8-7-14-3;1-6(2)5-8(9(10,11)12)13(4)7(3)14;1-6-3-7(2)9(10)4-8(6)5-11/h4-6H,2,7-9H2,1,3H3;5H,1H2,2-4H3;3-4H,1-2H3/b;8-5-;. The second-order valence-corrected chi connectivity index (χ2v) is 8.77. The number of alkyl halides is 3. The summed E-state index contributed by atoms with van der Waals surface area (Å²) in [4.78, 5) is 15.4. The Morgan fingerprint density at radius 2 is 1.76 bits per heavy atom. The maximum absolute atomic E-state index is 12.8. The molecule has 0 fully saturated rings. The molecule has 0 saturated carbocycles.